The quantitative estimate of drug-likeness (QED) is 0.840. The molecule has 1 aromatic carbocycles. The standard InChI is InChI=1S/C14H19NO4/c15-8-12(14(16)17)11-5-1-2-6-13(11)19-10-4-3-7-18-9-10/h1-2,5-6,10,12H,3-4,7-9,15H2,(H,16,17). The van der Waals surface area contributed by atoms with Gasteiger partial charge in [0, 0.05) is 18.7 Å². The van der Waals surface area contributed by atoms with Crippen molar-refractivity contribution in [2.45, 2.75) is 24.9 Å². The van der Waals surface area contributed by atoms with Crippen molar-refractivity contribution in [2.24, 2.45) is 5.73 Å². The van der Waals surface area contributed by atoms with Crippen molar-refractivity contribution in [3.05, 3.63) is 29.8 Å². The van der Waals surface area contributed by atoms with Crippen molar-refractivity contribution in [3.8, 4) is 5.75 Å². The Hall–Kier alpha value is -1.59. The number of ether oxygens (including phenoxy) is 2. The third kappa shape index (κ3) is 3.45. The summed E-state index contributed by atoms with van der Waals surface area (Å²) in [4.78, 5) is 11.2. The fourth-order valence-corrected chi connectivity index (χ4v) is 2.22. The fraction of sp³-hybridized carbons (Fsp3) is 0.500. The maximum atomic E-state index is 11.2. The van der Waals surface area contributed by atoms with E-state index in [9.17, 15) is 9.90 Å². The number of rotatable bonds is 5. The number of benzene rings is 1. The molecule has 0 aromatic heterocycles. The van der Waals surface area contributed by atoms with Gasteiger partial charge in [0.1, 0.15) is 11.9 Å². The molecule has 0 saturated carbocycles. The lowest BCUT2D eigenvalue weighted by Crippen LogP contribution is -2.29. The highest BCUT2D eigenvalue weighted by Gasteiger charge is 2.24. The summed E-state index contributed by atoms with van der Waals surface area (Å²) >= 11 is 0. The Kier molecular flexibility index (Phi) is 4.76. The van der Waals surface area contributed by atoms with E-state index in [-0.39, 0.29) is 12.6 Å². The van der Waals surface area contributed by atoms with Gasteiger partial charge < -0.3 is 20.3 Å². The van der Waals surface area contributed by atoms with Gasteiger partial charge in [-0.05, 0) is 18.9 Å². The van der Waals surface area contributed by atoms with E-state index in [1.807, 2.05) is 6.07 Å². The first-order valence-electron chi connectivity index (χ1n) is 6.48. The van der Waals surface area contributed by atoms with Crippen molar-refractivity contribution < 1.29 is 19.4 Å². The average Bonchev–Trinajstić information content (AvgIpc) is 2.42. The molecule has 0 radical (unpaired) electrons. The molecule has 0 aliphatic carbocycles. The number of aliphatic carboxylic acids is 1. The zero-order chi connectivity index (χ0) is 13.7. The number of nitrogens with two attached hydrogens (primary N) is 1. The molecule has 3 N–H and O–H groups in total. The molecule has 104 valence electrons. The first-order chi connectivity index (χ1) is 9.22. The highest BCUT2D eigenvalue weighted by atomic mass is 16.5. The van der Waals surface area contributed by atoms with Gasteiger partial charge in [-0.15, -0.1) is 0 Å². The van der Waals surface area contributed by atoms with Gasteiger partial charge in [-0.1, -0.05) is 18.2 Å². The van der Waals surface area contributed by atoms with Crippen LogP contribution in [0.25, 0.3) is 0 Å². The molecule has 2 rings (SSSR count). The summed E-state index contributed by atoms with van der Waals surface area (Å²) in [5.74, 6) is -1.07. The molecule has 0 bridgehead atoms. The van der Waals surface area contributed by atoms with Gasteiger partial charge in [0.05, 0.1) is 12.5 Å². The summed E-state index contributed by atoms with van der Waals surface area (Å²) in [6, 6.07) is 7.17. The molecular weight excluding hydrogens is 246 g/mol. The zero-order valence-corrected chi connectivity index (χ0v) is 10.7. The lowest BCUT2D eigenvalue weighted by Gasteiger charge is -2.25. The van der Waals surface area contributed by atoms with Gasteiger partial charge in [-0.3, -0.25) is 4.79 Å². The number of para-hydroxylation sites is 1. The third-order valence-corrected chi connectivity index (χ3v) is 3.24. The summed E-state index contributed by atoms with van der Waals surface area (Å²) in [6.45, 7) is 1.37. The van der Waals surface area contributed by atoms with Crippen LogP contribution in [0.15, 0.2) is 24.3 Å². The predicted molar refractivity (Wildman–Crippen MR) is 70.3 cm³/mol. The highest BCUT2D eigenvalue weighted by molar-refractivity contribution is 5.77. The van der Waals surface area contributed by atoms with E-state index in [0.717, 1.165) is 19.4 Å². The van der Waals surface area contributed by atoms with Gasteiger partial charge in [0.2, 0.25) is 0 Å². The minimum atomic E-state index is -0.932. The van der Waals surface area contributed by atoms with Crippen molar-refractivity contribution in [3.63, 3.8) is 0 Å². The van der Waals surface area contributed by atoms with Crippen LogP contribution >= 0.6 is 0 Å². The maximum Gasteiger partial charge on any atom is 0.312 e. The number of carboxylic acids is 1. The number of hydrogen-bond donors (Lipinski definition) is 2. The molecule has 0 spiro atoms. The molecule has 19 heavy (non-hydrogen) atoms. The van der Waals surface area contributed by atoms with Crippen molar-refractivity contribution in [2.75, 3.05) is 19.8 Å². The molecule has 0 amide bonds. The van der Waals surface area contributed by atoms with Gasteiger partial charge in [0.25, 0.3) is 0 Å². The maximum absolute atomic E-state index is 11.2. The van der Waals surface area contributed by atoms with Crippen LogP contribution in [0.3, 0.4) is 0 Å². The number of carbonyl (C=O) groups is 1. The fourth-order valence-electron chi connectivity index (χ4n) is 2.22. The van der Waals surface area contributed by atoms with Crippen molar-refractivity contribution in [1.82, 2.24) is 0 Å². The van der Waals surface area contributed by atoms with Crippen LogP contribution in [0, 0.1) is 0 Å². The second-order valence-electron chi connectivity index (χ2n) is 4.62. The molecule has 1 heterocycles. The van der Waals surface area contributed by atoms with E-state index >= 15 is 0 Å². The Balaban J connectivity index is 2.17. The summed E-state index contributed by atoms with van der Waals surface area (Å²) < 4.78 is 11.2. The van der Waals surface area contributed by atoms with Gasteiger partial charge in [-0.25, -0.2) is 0 Å². The normalized spacial score (nSPS) is 20.8. The average molecular weight is 265 g/mol. The molecule has 5 heteroatoms. The molecule has 2 unspecified atom stereocenters. The molecule has 1 fully saturated rings. The monoisotopic (exact) mass is 265 g/mol. The van der Waals surface area contributed by atoms with Crippen LogP contribution in [-0.4, -0.2) is 36.9 Å². The summed E-state index contributed by atoms with van der Waals surface area (Å²) in [7, 11) is 0. The van der Waals surface area contributed by atoms with E-state index in [4.69, 9.17) is 15.2 Å². The Bertz CT molecular complexity index is 429. The molecule has 1 aromatic rings. The van der Waals surface area contributed by atoms with E-state index in [0.29, 0.717) is 17.9 Å². The summed E-state index contributed by atoms with van der Waals surface area (Å²) in [6.07, 6.45) is 1.88. The Morgan fingerprint density at radius 2 is 2.32 bits per heavy atom. The topological polar surface area (TPSA) is 81.8 Å². The second kappa shape index (κ2) is 6.54. The summed E-state index contributed by atoms with van der Waals surface area (Å²) in [5.41, 5.74) is 6.17. The van der Waals surface area contributed by atoms with Gasteiger partial charge in [-0.2, -0.15) is 0 Å². The van der Waals surface area contributed by atoms with Crippen LogP contribution < -0.4 is 10.5 Å². The van der Waals surface area contributed by atoms with Crippen LogP contribution in [0.2, 0.25) is 0 Å². The minimum absolute atomic E-state index is 0.0119. The molecule has 5 nitrogen and oxygen atoms in total. The van der Waals surface area contributed by atoms with Crippen LogP contribution in [0.5, 0.6) is 5.75 Å². The first kappa shape index (κ1) is 13.8. The smallest absolute Gasteiger partial charge is 0.312 e. The highest BCUT2D eigenvalue weighted by Crippen LogP contribution is 2.28. The Morgan fingerprint density at radius 1 is 1.53 bits per heavy atom. The second-order valence-corrected chi connectivity index (χ2v) is 4.62. The van der Waals surface area contributed by atoms with Crippen molar-refractivity contribution in [1.29, 1.82) is 0 Å². The number of carboxylic acid groups (broad SMARTS) is 1. The van der Waals surface area contributed by atoms with Crippen LogP contribution in [0.1, 0.15) is 24.3 Å². The lowest BCUT2D eigenvalue weighted by atomic mass is 9.98. The van der Waals surface area contributed by atoms with E-state index < -0.39 is 11.9 Å². The van der Waals surface area contributed by atoms with Crippen LogP contribution in [-0.2, 0) is 9.53 Å². The minimum Gasteiger partial charge on any atom is -0.488 e. The van der Waals surface area contributed by atoms with E-state index in [2.05, 4.69) is 0 Å². The molecule has 2 atom stereocenters. The Morgan fingerprint density at radius 3 is 2.95 bits per heavy atom. The third-order valence-electron chi connectivity index (χ3n) is 3.24. The number of hydrogen-bond acceptors (Lipinski definition) is 4. The Labute approximate surface area is 112 Å². The molecule has 1 saturated heterocycles. The van der Waals surface area contributed by atoms with E-state index in [1.165, 1.54) is 0 Å². The largest absolute Gasteiger partial charge is 0.488 e. The molecule has 1 aliphatic heterocycles. The SMILES string of the molecule is NCC(C(=O)O)c1ccccc1OC1CCCOC1. The van der Waals surface area contributed by atoms with Crippen molar-refractivity contribution >= 4 is 5.97 Å². The predicted octanol–water partition coefficient (Wildman–Crippen LogP) is 1.37. The first-order valence-corrected chi connectivity index (χ1v) is 6.48. The van der Waals surface area contributed by atoms with Gasteiger partial charge in [0.15, 0.2) is 0 Å². The zero-order valence-electron chi connectivity index (χ0n) is 10.7. The molecule has 1 aliphatic rings. The lowest BCUT2D eigenvalue weighted by molar-refractivity contribution is -0.138. The van der Waals surface area contributed by atoms with Crippen LogP contribution in [0.4, 0.5) is 0 Å². The summed E-state index contributed by atoms with van der Waals surface area (Å²) in [5, 5.41) is 9.20. The van der Waals surface area contributed by atoms with Gasteiger partial charge >= 0.3 is 5.97 Å². The molecular formula is C14H19NO4. The van der Waals surface area contributed by atoms with E-state index in [1.54, 1.807) is 18.2 Å².